The Kier molecular flexibility index (Phi) is 6.56. The molecular weight excluding hydrogens is 464 g/mol. The number of esters is 1. The number of halogens is 2. The second-order valence-corrected chi connectivity index (χ2v) is 7.17. The van der Waals surface area contributed by atoms with Gasteiger partial charge in [-0.1, -0.05) is 29.8 Å². The Labute approximate surface area is 180 Å². The smallest absolute Gasteiger partial charge is 0.344 e. The lowest BCUT2D eigenvalue weighted by atomic mass is 10.1. The molecule has 1 aliphatic heterocycles. The molecule has 29 heavy (non-hydrogen) atoms. The quantitative estimate of drug-likeness (QED) is 0.389. The van der Waals surface area contributed by atoms with Gasteiger partial charge in [-0.15, -0.1) is 0 Å². The van der Waals surface area contributed by atoms with Crippen LogP contribution in [0.3, 0.4) is 0 Å². The molecule has 9 heteroatoms. The van der Waals surface area contributed by atoms with Crippen LogP contribution in [0.2, 0.25) is 5.02 Å². The van der Waals surface area contributed by atoms with E-state index in [-0.39, 0.29) is 24.5 Å². The normalized spacial score (nSPS) is 14.9. The summed E-state index contributed by atoms with van der Waals surface area (Å²) in [7, 11) is 0. The molecule has 1 N–H and O–H groups in total. The van der Waals surface area contributed by atoms with Crippen LogP contribution in [-0.2, 0) is 19.1 Å². The van der Waals surface area contributed by atoms with Crippen molar-refractivity contribution in [1.29, 1.82) is 0 Å². The molecule has 0 atom stereocenters. The van der Waals surface area contributed by atoms with Gasteiger partial charge in [0.15, 0.2) is 6.61 Å². The zero-order chi connectivity index (χ0) is 21.0. The summed E-state index contributed by atoms with van der Waals surface area (Å²) >= 11 is 9.44. The predicted molar refractivity (Wildman–Crippen MR) is 111 cm³/mol. The molecule has 0 radical (unpaired) electrons. The van der Waals surface area contributed by atoms with Crippen molar-refractivity contribution in [3.05, 3.63) is 63.1 Å². The minimum Gasteiger partial charge on any atom is -0.480 e. The van der Waals surface area contributed by atoms with Crippen molar-refractivity contribution >= 4 is 57.1 Å². The molecule has 1 saturated heterocycles. The SMILES string of the molecule is CCOC(=O)COc1c(Br)cc(Cl)cc1C=C1C(=O)NN(c2ccccc2)C1=O. The van der Waals surface area contributed by atoms with Gasteiger partial charge in [-0.05, 0) is 53.2 Å². The van der Waals surface area contributed by atoms with Crippen molar-refractivity contribution < 1.29 is 23.9 Å². The fourth-order valence-electron chi connectivity index (χ4n) is 2.65. The van der Waals surface area contributed by atoms with Crippen LogP contribution in [0.5, 0.6) is 5.75 Å². The van der Waals surface area contributed by atoms with Crippen molar-refractivity contribution in [2.75, 3.05) is 18.2 Å². The van der Waals surface area contributed by atoms with E-state index >= 15 is 0 Å². The first-order chi connectivity index (χ1) is 13.9. The Hall–Kier alpha value is -2.84. The molecule has 3 rings (SSSR count). The van der Waals surface area contributed by atoms with Crippen molar-refractivity contribution in [1.82, 2.24) is 5.43 Å². The molecule has 0 bridgehead atoms. The lowest BCUT2D eigenvalue weighted by molar-refractivity contribution is -0.145. The zero-order valence-corrected chi connectivity index (χ0v) is 17.6. The van der Waals surface area contributed by atoms with Gasteiger partial charge in [-0.2, -0.15) is 0 Å². The molecule has 0 saturated carbocycles. The number of hydrazine groups is 1. The summed E-state index contributed by atoms with van der Waals surface area (Å²) in [5.41, 5.74) is 3.32. The third kappa shape index (κ3) is 4.78. The first kappa shape index (κ1) is 20.9. The molecular formula is C20H16BrClN2O5. The summed E-state index contributed by atoms with van der Waals surface area (Å²) in [5, 5.41) is 1.52. The number of rotatable bonds is 6. The fourth-order valence-corrected chi connectivity index (χ4v) is 3.59. The summed E-state index contributed by atoms with van der Waals surface area (Å²) in [6.07, 6.45) is 1.37. The van der Waals surface area contributed by atoms with Crippen LogP contribution in [-0.4, -0.2) is 31.0 Å². The number of carbonyl (C=O) groups is 3. The molecule has 2 aromatic carbocycles. The van der Waals surface area contributed by atoms with Gasteiger partial charge in [0.25, 0.3) is 11.8 Å². The third-order valence-corrected chi connectivity index (χ3v) is 4.69. The van der Waals surface area contributed by atoms with E-state index in [1.807, 2.05) is 0 Å². The number of carbonyl (C=O) groups excluding carboxylic acids is 3. The maximum absolute atomic E-state index is 12.8. The highest BCUT2D eigenvalue weighted by Crippen LogP contribution is 2.35. The monoisotopic (exact) mass is 478 g/mol. The van der Waals surface area contributed by atoms with Gasteiger partial charge >= 0.3 is 5.97 Å². The van der Waals surface area contributed by atoms with E-state index in [4.69, 9.17) is 21.1 Å². The van der Waals surface area contributed by atoms with Gasteiger partial charge in [0.2, 0.25) is 0 Å². The first-order valence-corrected chi connectivity index (χ1v) is 9.77. The maximum atomic E-state index is 12.8. The molecule has 1 heterocycles. The van der Waals surface area contributed by atoms with Gasteiger partial charge in [0.1, 0.15) is 11.3 Å². The topological polar surface area (TPSA) is 84.9 Å². The van der Waals surface area contributed by atoms with Gasteiger partial charge in [-0.25, -0.2) is 9.80 Å². The Morgan fingerprint density at radius 1 is 1.24 bits per heavy atom. The molecule has 2 amide bonds. The lowest BCUT2D eigenvalue weighted by Gasteiger charge is -2.14. The van der Waals surface area contributed by atoms with Gasteiger partial charge in [0.05, 0.1) is 16.8 Å². The van der Waals surface area contributed by atoms with Crippen LogP contribution in [0.25, 0.3) is 6.08 Å². The fraction of sp³-hybridized carbons (Fsp3) is 0.150. The minimum absolute atomic E-state index is 0.0935. The average molecular weight is 480 g/mol. The second kappa shape index (κ2) is 9.11. The molecule has 1 aliphatic rings. The number of para-hydroxylation sites is 1. The lowest BCUT2D eigenvalue weighted by Crippen LogP contribution is -2.35. The molecule has 0 spiro atoms. The summed E-state index contributed by atoms with van der Waals surface area (Å²) in [6, 6.07) is 11.8. The zero-order valence-electron chi connectivity index (χ0n) is 15.3. The molecule has 0 aliphatic carbocycles. The first-order valence-electron chi connectivity index (χ1n) is 8.60. The van der Waals surface area contributed by atoms with Crippen molar-refractivity contribution in [2.45, 2.75) is 6.92 Å². The Bertz CT molecular complexity index is 994. The maximum Gasteiger partial charge on any atom is 0.344 e. The molecule has 0 unspecified atom stereocenters. The Balaban J connectivity index is 1.93. The van der Waals surface area contributed by atoms with Crippen molar-refractivity contribution in [2.24, 2.45) is 0 Å². The number of amides is 2. The minimum atomic E-state index is -0.564. The van der Waals surface area contributed by atoms with Crippen LogP contribution in [0.1, 0.15) is 12.5 Å². The van der Waals surface area contributed by atoms with E-state index in [2.05, 4.69) is 21.4 Å². The summed E-state index contributed by atoms with van der Waals surface area (Å²) < 4.78 is 10.9. The number of benzene rings is 2. The van der Waals surface area contributed by atoms with Gasteiger partial charge in [0, 0.05) is 10.6 Å². The van der Waals surface area contributed by atoms with E-state index < -0.39 is 17.8 Å². The van der Waals surface area contributed by atoms with Gasteiger partial charge < -0.3 is 9.47 Å². The largest absolute Gasteiger partial charge is 0.480 e. The predicted octanol–water partition coefficient (Wildman–Crippen LogP) is 3.51. The van der Waals surface area contributed by atoms with Crippen LogP contribution in [0.4, 0.5) is 5.69 Å². The molecule has 1 fully saturated rings. The number of ether oxygens (including phenoxy) is 2. The highest BCUT2D eigenvalue weighted by Gasteiger charge is 2.34. The van der Waals surface area contributed by atoms with E-state index in [1.165, 1.54) is 12.1 Å². The second-order valence-electron chi connectivity index (χ2n) is 5.87. The number of anilines is 1. The van der Waals surface area contributed by atoms with Gasteiger partial charge in [-0.3, -0.25) is 15.0 Å². The van der Waals surface area contributed by atoms with Crippen LogP contribution >= 0.6 is 27.5 Å². The molecule has 150 valence electrons. The van der Waals surface area contributed by atoms with E-state index in [0.717, 1.165) is 5.01 Å². The molecule has 7 nitrogen and oxygen atoms in total. The summed E-state index contributed by atoms with van der Waals surface area (Å²) in [6.45, 7) is 1.58. The Morgan fingerprint density at radius 3 is 2.66 bits per heavy atom. The standard InChI is InChI=1S/C20H16BrClN2O5/c1-2-28-17(25)11-29-18-12(8-13(22)10-16(18)21)9-15-19(26)23-24(20(15)27)14-6-4-3-5-7-14/h3-10H,2,11H2,1H3,(H,23,26). The van der Waals surface area contributed by atoms with E-state index in [1.54, 1.807) is 43.3 Å². The highest BCUT2D eigenvalue weighted by molar-refractivity contribution is 9.10. The third-order valence-electron chi connectivity index (χ3n) is 3.88. The van der Waals surface area contributed by atoms with Crippen LogP contribution in [0, 0.1) is 0 Å². The number of hydrogen-bond donors (Lipinski definition) is 1. The van der Waals surface area contributed by atoms with E-state index in [0.29, 0.717) is 20.7 Å². The highest BCUT2D eigenvalue weighted by atomic mass is 79.9. The average Bonchev–Trinajstić information content (AvgIpc) is 2.96. The molecule has 2 aromatic rings. The van der Waals surface area contributed by atoms with Crippen molar-refractivity contribution in [3.63, 3.8) is 0 Å². The summed E-state index contributed by atoms with van der Waals surface area (Å²) in [4.78, 5) is 36.8. The Morgan fingerprint density at radius 2 is 1.97 bits per heavy atom. The number of nitrogens with zero attached hydrogens (tertiary/aromatic N) is 1. The summed E-state index contributed by atoms with van der Waals surface area (Å²) in [5.74, 6) is -1.37. The van der Waals surface area contributed by atoms with Crippen molar-refractivity contribution in [3.8, 4) is 5.75 Å². The van der Waals surface area contributed by atoms with Crippen LogP contribution in [0.15, 0.2) is 52.5 Å². The van der Waals surface area contributed by atoms with E-state index in [9.17, 15) is 14.4 Å². The molecule has 0 aromatic heterocycles. The number of nitrogens with one attached hydrogen (secondary N) is 1. The number of hydrogen-bond acceptors (Lipinski definition) is 5. The van der Waals surface area contributed by atoms with Crippen LogP contribution < -0.4 is 15.2 Å².